The average Bonchev–Trinajstić information content (AvgIpc) is 2.81. The van der Waals surface area contributed by atoms with Crippen LogP contribution in [0, 0.1) is 0 Å². The monoisotopic (exact) mass is 390 g/mol. The Hall–Kier alpha value is -4.74. The lowest BCUT2D eigenvalue weighted by Crippen LogP contribution is -2.01. The Labute approximate surface area is 164 Å². The average molecular weight is 390 g/mol. The van der Waals surface area contributed by atoms with Crippen molar-refractivity contribution in [2.45, 2.75) is 0 Å². The van der Waals surface area contributed by atoms with Crippen LogP contribution in [0.4, 0.5) is 0 Å². The maximum atomic E-state index is 4.86. The van der Waals surface area contributed by atoms with E-state index in [2.05, 4.69) is 62.3 Å². The summed E-state index contributed by atoms with van der Waals surface area (Å²) in [7, 11) is 0. The number of fused-ring (bicyclic) bond motifs is 9. The van der Waals surface area contributed by atoms with E-state index in [0.29, 0.717) is 33.2 Å². The van der Waals surface area contributed by atoms with E-state index in [-0.39, 0.29) is 11.3 Å². The van der Waals surface area contributed by atoms with Gasteiger partial charge in [0.1, 0.15) is 22.1 Å². The summed E-state index contributed by atoms with van der Waals surface area (Å²) >= 11 is 0. The molecular formula is C18H6N12. The normalized spacial score (nSPS) is 12.0. The Bertz CT molecular complexity index is 1440. The lowest BCUT2D eigenvalue weighted by atomic mass is 10.0. The minimum Gasteiger partial charge on any atom is -0.245 e. The molecule has 0 aliphatic carbocycles. The van der Waals surface area contributed by atoms with Gasteiger partial charge in [-0.05, 0) is 39.1 Å². The third kappa shape index (κ3) is 1.98. The van der Waals surface area contributed by atoms with E-state index >= 15 is 0 Å². The van der Waals surface area contributed by atoms with Gasteiger partial charge in [-0.1, -0.05) is 18.2 Å². The van der Waals surface area contributed by atoms with Crippen LogP contribution in [0.25, 0.3) is 66.2 Å². The summed E-state index contributed by atoms with van der Waals surface area (Å²) in [6.07, 6.45) is 0. The predicted molar refractivity (Wildman–Crippen MR) is 105 cm³/mol. The smallest absolute Gasteiger partial charge is 0.224 e. The minimum absolute atomic E-state index is 0.264. The first-order valence-electron chi connectivity index (χ1n) is 8.87. The molecule has 12 heteroatoms. The van der Waals surface area contributed by atoms with Crippen molar-refractivity contribution in [2.24, 2.45) is 0 Å². The lowest BCUT2D eigenvalue weighted by molar-refractivity contribution is 0.785. The van der Waals surface area contributed by atoms with E-state index < -0.39 is 0 Å². The third-order valence-corrected chi connectivity index (χ3v) is 4.96. The van der Waals surface area contributed by atoms with Crippen LogP contribution in [0.2, 0.25) is 0 Å². The highest BCUT2D eigenvalue weighted by Crippen LogP contribution is 2.34. The molecule has 5 heterocycles. The summed E-state index contributed by atoms with van der Waals surface area (Å²) < 4.78 is 0. The Morgan fingerprint density at radius 3 is 1.87 bits per heavy atom. The van der Waals surface area contributed by atoms with Crippen molar-refractivity contribution in [3.63, 3.8) is 0 Å². The van der Waals surface area contributed by atoms with Gasteiger partial charge in [0.15, 0.2) is 0 Å². The fourth-order valence-corrected chi connectivity index (χ4v) is 3.67. The molecule has 0 unspecified atom stereocenters. The van der Waals surface area contributed by atoms with E-state index in [4.69, 9.17) is 4.98 Å². The molecule has 0 spiro atoms. The van der Waals surface area contributed by atoms with Crippen LogP contribution in [0.3, 0.4) is 0 Å². The topological polar surface area (TPSA) is 155 Å². The van der Waals surface area contributed by atoms with Gasteiger partial charge in [0.25, 0.3) is 0 Å². The van der Waals surface area contributed by atoms with Crippen LogP contribution in [0.1, 0.15) is 0 Å². The first kappa shape index (κ1) is 15.2. The zero-order valence-corrected chi connectivity index (χ0v) is 14.8. The summed E-state index contributed by atoms with van der Waals surface area (Å²) in [4.78, 5) is 18.8. The third-order valence-electron chi connectivity index (χ3n) is 4.96. The maximum Gasteiger partial charge on any atom is 0.224 e. The molecule has 0 aliphatic heterocycles. The second-order valence-electron chi connectivity index (χ2n) is 6.63. The van der Waals surface area contributed by atoms with Gasteiger partial charge in [0.05, 0.1) is 11.0 Å². The summed E-state index contributed by atoms with van der Waals surface area (Å²) in [6.45, 7) is 0. The Morgan fingerprint density at radius 2 is 1.07 bits per heavy atom. The molecule has 0 atom stereocenters. The molecule has 0 N–H and O–H groups in total. The standard InChI is InChI=1S/C18H6N12/c1-2-4-10-7(3-1)5-8-9-6-11-16(24-28-27-23-11)20-13(9)15-14(12(8)19-10)21-17-18(22-15)26-30-29-25-17/h1-6H. The molecule has 5 aromatic heterocycles. The van der Waals surface area contributed by atoms with E-state index in [9.17, 15) is 0 Å². The molecule has 30 heavy (non-hydrogen) atoms. The lowest BCUT2D eigenvalue weighted by Gasteiger charge is -2.09. The van der Waals surface area contributed by atoms with Crippen molar-refractivity contribution in [2.75, 3.05) is 0 Å². The summed E-state index contributed by atoms with van der Waals surface area (Å²) in [5.41, 5.74) is 4.55. The largest absolute Gasteiger partial charge is 0.245 e. The number of pyridine rings is 2. The molecule has 0 fully saturated rings. The molecule has 0 radical (unpaired) electrons. The van der Waals surface area contributed by atoms with E-state index in [1.54, 1.807) is 0 Å². The van der Waals surface area contributed by atoms with Crippen molar-refractivity contribution in [3.8, 4) is 0 Å². The van der Waals surface area contributed by atoms with Gasteiger partial charge in [0, 0.05) is 16.2 Å². The van der Waals surface area contributed by atoms with Crippen LogP contribution < -0.4 is 0 Å². The first-order valence-corrected chi connectivity index (χ1v) is 8.87. The number of para-hydroxylation sites is 1. The molecule has 7 aromatic rings. The minimum atomic E-state index is 0.264. The van der Waals surface area contributed by atoms with Gasteiger partial charge in [-0.2, -0.15) is 0 Å². The van der Waals surface area contributed by atoms with Crippen LogP contribution in [0.5, 0.6) is 0 Å². The number of benzene rings is 2. The van der Waals surface area contributed by atoms with Crippen LogP contribution in [0.15, 0.2) is 36.4 Å². The van der Waals surface area contributed by atoms with Gasteiger partial charge in [0.2, 0.25) is 16.9 Å². The highest BCUT2D eigenvalue weighted by atomic mass is 15.4. The van der Waals surface area contributed by atoms with Crippen molar-refractivity contribution >= 4 is 66.2 Å². The van der Waals surface area contributed by atoms with Crippen LogP contribution in [-0.4, -0.2) is 61.2 Å². The molecule has 0 bridgehead atoms. The molecule has 0 saturated heterocycles. The Balaban J connectivity index is 1.82. The second kappa shape index (κ2) is 5.41. The fraction of sp³-hybridized carbons (Fsp3) is 0. The zero-order chi connectivity index (χ0) is 19.7. The molecule has 138 valence electrons. The SMILES string of the molecule is c1ccc2nc3c(cc2c1)c1cc2nnnnc2nc1c1nc2nnnnc2nc31. The summed E-state index contributed by atoms with van der Waals surface area (Å²) in [6, 6.07) is 11.8. The fourth-order valence-electron chi connectivity index (χ4n) is 3.67. The van der Waals surface area contributed by atoms with Crippen LogP contribution in [-0.2, 0) is 0 Å². The molecule has 0 saturated carbocycles. The highest BCUT2D eigenvalue weighted by molar-refractivity contribution is 6.23. The Morgan fingerprint density at radius 1 is 0.467 bits per heavy atom. The molecular weight excluding hydrogens is 384 g/mol. The maximum absolute atomic E-state index is 4.86. The number of rotatable bonds is 0. The van der Waals surface area contributed by atoms with Crippen molar-refractivity contribution in [1.29, 1.82) is 0 Å². The van der Waals surface area contributed by atoms with Crippen LogP contribution >= 0.6 is 0 Å². The van der Waals surface area contributed by atoms with Gasteiger partial charge in [-0.25, -0.2) is 19.9 Å². The highest BCUT2D eigenvalue weighted by Gasteiger charge is 2.18. The molecule has 0 amide bonds. The summed E-state index contributed by atoms with van der Waals surface area (Å²) in [5, 5.41) is 32.9. The second-order valence-corrected chi connectivity index (χ2v) is 6.63. The first-order chi connectivity index (χ1) is 14.8. The summed E-state index contributed by atoms with van der Waals surface area (Å²) in [5.74, 6) is 0. The van der Waals surface area contributed by atoms with Crippen molar-refractivity contribution in [3.05, 3.63) is 36.4 Å². The van der Waals surface area contributed by atoms with E-state index in [1.165, 1.54) is 0 Å². The zero-order valence-electron chi connectivity index (χ0n) is 14.8. The molecule has 7 rings (SSSR count). The predicted octanol–water partition coefficient (Wildman–Crippen LogP) is 1.35. The Kier molecular flexibility index (Phi) is 2.74. The van der Waals surface area contributed by atoms with Crippen molar-refractivity contribution in [1.82, 2.24) is 61.2 Å². The number of aromatic nitrogens is 12. The van der Waals surface area contributed by atoms with Gasteiger partial charge in [-0.15, -0.1) is 20.4 Å². The quantitative estimate of drug-likeness (QED) is 0.271. The number of hydrogen-bond donors (Lipinski definition) is 0. The van der Waals surface area contributed by atoms with E-state index in [0.717, 1.165) is 21.7 Å². The van der Waals surface area contributed by atoms with Gasteiger partial charge < -0.3 is 0 Å². The van der Waals surface area contributed by atoms with Gasteiger partial charge in [-0.3, -0.25) is 0 Å². The van der Waals surface area contributed by atoms with Crippen molar-refractivity contribution < 1.29 is 0 Å². The van der Waals surface area contributed by atoms with Gasteiger partial charge >= 0.3 is 0 Å². The molecule has 12 nitrogen and oxygen atoms in total. The number of nitrogens with zero attached hydrogens (tertiary/aromatic N) is 12. The number of hydrogen-bond acceptors (Lipinski definition) is 12. The van der Waals surface area contributed by atoms with E-state index in [1.807, 2.05) is 30.3 Å². The molecule has 0 aliphatic rings. The molecule has 2 aromatic carbocycles.